The van der Waals surface area contributed by atoms with E-state index in [1.807, 2.05) is 14.0 Å². The van der Waals surface area contributed by atoms with Gasteiger partial charge in [-0.05, 0) is 55.8 Å². The maximum absolute atomic E-state index is 12.9. The van der Waals surface area contributed by atoms with E-state index in [9.17, 15) is 4.79 Å². The topological polar surface area (TPSA) is 78.9 Å². The van der Waals surface area contributed by atoms with E-state index in [1.165, 1.54) is 32.1 Å². The quantitative estimate of drug-likeness (QED) is 0.359. The van der Waals surface area contributed by atoms with Gasteiger partial charge in [0.1, 0.15) is 5.84 Å². The minimum atomic E-state index is -0.110. The van der Waals surface area contributed by atoms with E-state index in [0.29, 0.717) is 18.4 Å². The Morgan fingerprint density at radius 1 is 1.24 bits per heavy atom. The number of rotatable bonds is 4. The van der Waals surface area contributed by atoms with Crippen LogP contribution in [0.25, 0.3) is 0 Å². The van der Waals surface area contributed by atoms with Crippen molar-refractivity contribution >= 4 is 11.7 Å². The lowest BCUT2D eigenvalue weighted by Crippen LogP contribution is -2.52. The number of nitrogens with two attached hydrogens (primary N) is 1. The van der Waals surface area contributed by atoms with E-state index in [2.05, 4.69) is 5.16 Å². The van der Waals surface area contributed by atoms with Crippen LogP contribution in [0.3, 0.4) is 0 Å². The number of amidine groups is 1. The Morgan fingerprint density at radius 3 is 2.24 bits per heavy atom. The van der Waals surface area contributed by atoms with Crippen molar-refractivity contribution in [2.24, 2.45) is 46.4 Å². The van der Waals surface area contributed by atoms with Gasteiger partial charge in [0.05, 0.1) is 0 Å². The van der Waals surface area contributed by atoms with Crippen molar-refractivity contribution in [2.75, 3.05) is 13.6 Å². The fraction of sp³-hybridized carbons (Fsp3) is 0.875. The summed E-state index contributed by atoms with van der Waals surface area (Å²) in [5, 5.41) is 11.8. The first-order valence-electron chi connectivity index (χ1n) is 8.22. The standard InChI is InChI=1S/C16H27N3O2/c1-9(15(17)18-21)8-19(2)16(20)14-12-4-10-3-11(6-12)7-13(14)5-10/h9-14,21H,3-8H2,1-2H3,(H2,17,18). The van der Waals surface area contributed by atoms with Crippen LogP contribution < -0.4 is 5.73 Å². The van der Waals surface area contributed by atoms with Gasteiger partial charge in [-0.1, -0.05) is 12.1 Å². The summed E-state index contributed by atoms with van der Waals surface area (Å²) >= 11 is 0. The summed E-state index contributed by atoms with van der Waals surface area (Å²) in [6.45, 7) is 2.41. The average molecular weight is 293 g/mol. The smallest absolute Gasteiger partial charge is 0.226 e. The van der Waals surface area contributed by atoms with Crippen LogP contribution in [-0.4, -0.2) is 35.4 Å². The molecule has 1 amide bonds. The van der Waals surface area contributed by atoms with E-state index in [0.717, 1.165) is 11.8 Å². The normalized spacial score (nSPS) is 39.3. The Hall–Kier alpha value is -1.26. The molecule has 0 aromatic carbocycles. The van der Waals surface area contributed by atoms with Gasteiger partial charge in [0.15, 0.2) is 0 Å². The molecule has 0 spiro atoms. The van der Waals surface area contributed by atoms with E-state index >= 15 is 0 Å². The lowest BCUT2D eigenvalue weighted by atomic mass is 9.51. The first-order valence-corrected chi connectivity index (χ1v) is 8.22. The van der Waals surface area contributed by atoms with Gasteiger partial charge in [-0.2, -0.15) is 0 Å². The third-order valence-electron chi connectivity index (χ3n) is 6.06. The summed E-state index contributed by atoms with van der Waals surface area (Å²) in [4.78, 5) is 14.7. The lowest BCUT2D eigenvalue weighted by Gasteiger charge is -2.54. The Labute approximate surface area is 126 Å². The minimum absolute atomic E-state index is 0.110. The molecule has 0 aliphatic heterocycles. The van der Waals surface area contributed by atoms with Gasteiger partial charge in [-0.25, -0.2) is 0 Å². The van der Waals surface area contributed by atoms with Crippen molar-refractivity contribution < 1.29 is 10.0 Å². The first kappa shape index (κ1) is 14.7. The van der Waals surface area contributed by atoms with E-state index in [4.69, 9.17) is 10.9 Å². The predicted molar refractivity (Wildman–Crippen MR) is 80.7 cm³/mol. The van der Waals surface area contributed by atoms with Crippen molar-refractivity contribution in [1.82, 2.24) is 4.90 Å². The van der Waals surface area contributed by atoms with Crippen LogP contribution in [0.1, 0.15) is 39.0 Å². The molecule has 4 bridgehead atoms. The number of nitrogens with zero attached hydrogens (tertiary/aromatic N) is 2. The molecule has 4 aliphatic rings. The van der Waals surface area contributed by atoms with Gasteiger partial charge in [0.25, 0.3) is 0 Å². The van der Waals surface area contributed by atoms with Crippen LogP contribution in [0.15, 0.2) is 5.16 Å². The molecule has 5 heteroatoms. The van der Waals surface area contributed by atoms with Gasteiger partial charge < -0.3 is 15.8 Å². The van der Waals surface area contributed by atoms with Crippen molar-refractivity contribution in [3.05, 3.63) is 0 Å². The number of hydrogen-bond donors (Lipinski definition) is 2. The number of carbonyl (C=O) groups is 1. The molecule has 0 saturated heterocycles. The summed E-state index contributed by atoms with van der Waals surface area (Å²) in [6.07, 6.45) is 6.43. The molecule has 118 valence electrons. The molecule has 0 radical (unpaired) electrons. The second kappa shape index (κ2) is 5.50. The van der Waals surface area contributed by atoms with Crippen LogP contribution in [0, 0.1) is 35.5 Å². The van der Waals surface area contributed by atoms with E-state index in [1.54, 1.807) is 4.90 Å². The van der Waals surface area contributed by atoms with Crippen molar-refractivity contribution in [1.29, 1.82) is 0 Å². The van der Waals surface area contributed by atoms with Crippen LogP contribution in [0.2, 0.25) is 0 Å². The maximum Gasteiger partial charge on any atom is 0.226 e. The summed E-state index contributed by atoms with van der Waals surface area (Å²) in [5.41, 5.74) is 5.62. The van der Waals surface area contributed by atoms with Crippen molar-refractivity contribution in [3.63, 3.8) is 0 Å². The number of amides is 1. The van der Waals surface area contributed by atoms with E-state index in [-0.39, 0.29) is 23.6 Å². The molecule has 5 nitrogen and oxygen atoms in total. The number of carbonyl (C=O) groups excluding carboxylic acids is 1. The third-order valence-corrected chi connectivity index (χ3v) is 6.06. The molecule has 3 N–H and O–H groups in total. The van der Waals surface area contributed by atoms with Crippen LogP contribution in [0.5, 0.6) is 0 Å². The highest BCUT2D eigenvalue weighted by molar-refractivity contribution is 5.84. The summed E-state index contributed by atoms with van der Waals surface area (Å²) in [6, 6.07) is 0. The molecular weight excluding hydrogens is 266 g/mol. The third kappa shape index (κ3) is 2.62. The van der Waals surface area contributed by atoms with Gasteiger partial charge in [0, 0.05) is 25.4 Å². The Balaban J connectivity index is 1.65. The van der Waals surface area contributed by atoms with Gasteiger partial charge in [0.2, 0.25) is 5.91 Å². The molecule has 0 aromatic rings. The van der Waals surface area contributed by atoms with Gasteiger partial charge in [-0.15, -0.1) is 0 Å². The second-order valence-electron chi connectivity index (χ2n) is 7.60. The highest BCUT2D eigenvalue weighted by Crippen LogP contribution is 2.56. The molecule has 1 unspecified atom stereocenters. The van der Waals surface area contributed by atoms with Crippen LogP contribution in [-0.2, 0) is 4.79 Å². The maximum atomic E-state index is 12.9. The predicted octanol–water partition coefficient (Wildman–Crippen LogP) is 1.90. The monoisotopic (exact) mass is 293 g/mol. The fourth-order valence-electron chi connectivity index (χ4n) is 5.28. The zero-order valence-corrected chi connectivity index (χ0v) is 13.0. The molecular formula is C16H27N3O2. The molecule has 4 aliphatic carbocycles. The lowest BCUT2D eigenvalue weighted by molar-refractivity contribution is -0.148. The average Bonchev–Trinajstić information content (AvgIpc) is 2.44. The molecule has 4 fully saturated rings. The molecule has 0 aromatic heterocycles. The summed E-state index contributed by atoms with van der Waals surface area (Å²) < 4.78 is 0. The number of oxime groups is 1. The molecule has 21 heavy (non-hydrogen) atoms. The van der Waals surface area contributed by atoms with Gasteiger partial charge in [-0.3, -0.25) is 4.79 Å². The molecule has 1 atom stereocenters. The Bertz CT molecular complexity index is 421. The van der Waals surface area contributed by atoms with Crippen molar-refractivity contribution in [2.45, 2.75) is 39.0 Å². The fourth-order valence-corrected chi connectivity index (χ4v) is 5.28. The summed E-state index contributed by atoms with van der Waals surface area (Å²) in [5.74, 6) is 3.57. The molecule has 4 rings (SSSR count). The highest BCUT2D eigenvalue weighted by Gasteiger charge is 2.51. The molecule has 0 heterocycles. The summed E-state index contributed by atoms with van der Waals surface area (Å²) in [7, 11) is 1.86. The minimum Gasteiger partial charge on any atom is -0.409 e. The second-order valence-corrected chi connectivity index (χ2v) is 7.60. The van der Waals surface area contributed by atoms with Crippen molar-refractivity contribution in [3.8, 4) is 0 Å². The van der Waals surface area contributed by atoms with Gasteiger partial charge >= 0.3 is 0 Å². The molecule has 4 saturated carbocycles. The highest BCUT2D eigenvalue weighted by atomic mass is 16.4. The Morgan fingerprint density at radius 2 is 1.76 bits per heavy atom. The van der Waals surface area contributed by atoms with Crippen LogP contribution >= 0.6 is 0 Å². The first-order chi connectivity index (χ1) is 9.99. The largest absolute Gasteiger partial charge is 0.409 e. The SMILES string of the molecule is CC(CN(C)C(=O)C1C2CC3CC(C2)CC1C3)C(N)=NO. The number of hydrogen-bond acceptors (Lipinski definition) is 3. The van der Waals surface area contributed by atoms with Crippen LogP contribution in [0.4, 0.5) is 0 Å². The zero-order valence-electron chi connectivity index (χ0n) is 13.0. The van der Waals surface area contributed by atoms with E-state index < -0.39 is 0 Å². The zero-order chi connectivity index (χ0) is 15.1. The Kier molecular flexibility index (Phi) is 3.84.